The molecule has 0 radical (unpaired) electrons. The van der Waals surface area contributed by atoms with E-state index in [1.54, 1.807) is 14.1 Å². The standard InChI is InChI=1S/C9H18NO2P/c1-7(2)5-6-8(12-13)9(11)10(3)4/h5,8H,6,13H2,1-4H3. The zero-order valence-corrected chi connectivity index (χ0v) is 9.86. The molecule has 0 aliphatic carbocycles. The van der Waals surface area contributed by atoms with Crippen molar-refractivity contribution in [3.05, 3.63) is 11.6 Å². The Morgan fingerprint density at radius 1 is 1.54 bits per heavy atom. The Kier molecular flexibility index (Phi) is 5.93. The second kappa shape index (κ2) is 6.11. The molecule has 1 amide bonds. The molecule has 2 atom stereocenters. The Balaban J connectivity index is 4.19. The van der Waals surface area contributed by atoms with Crippen LogP contribution in [0.1, 0.15) is 20.3 Å². The van der Waals surface area contributed by atoms with Gasteiger partial charge in [0.15, 0.2) is 0 Å². The van der Waals surface area contributed by atoms with Gasteiger partial charge in [0.05, 0.1) is 0 Å². The average molecular weight is 203 g/mol. The molecule has 0 spiro atoms. The van der Waals surface area contributed by atoms with E-state index in [0.29, 0.717) is 6.42 Å². The van der Waals surface area contributed by atoms with E-state index in [-0.39, 0.29) is 12.0 Å². The van der Waals surface area contributed by atoms with E-state index >= 15 is 0 Å². The van der Waals surface area contributed by atoms with E-state index in [4.69, 9.17) is 4.52 Å². The van der Waals surface area contributed by atoms with Gasteiger partial charge in [-0.2, -0.15) is 0 Å². The Hall–Kier alpha value is -0.400. The zero-order valence-electron chi connectivity index (χ0n) is 8.70. The van der Waals surface area contributed by atoms with Crippen molar-refractivity contribution < 1.29 is 9.32 Å². The van der Waals surface area contributed by atoms with Gasteiger partial charge in [0.25, 0.3) is 5.91 Å². The first kappa shape index (κ1) is 12.6. The summed E-state index contributed by atoms with van der Waals surface area (Å²) in [6.07, 6.45) is 2.24. The minimum absolute atomic E-state index is 0.00694. The third-order valence-electron chi connectivity index (χ3n) is 1.62. The fourth-order valence-electron chi connectivity index (χ4n) is 0.845. The molecule has 76 valence electrons. The molecule has 4 heteroatoms. The summed E-state index contributed by atoms with van der Waals surface area (Å²) in [4.78, 5) is 13.0. The van der Waals surface area contributed by atoms with Crippen molar-refractivity contribution in [1.29, 1.82) is 0 Å². The van der Waals surface area contributed by atoms with Gasteiger partial charge in [0, 0.05) is 30.0 Å². The van der Waals surface area contributed by atoms with E-state index < -0.39 is 0 Å². The summed E-state index contributed by atoms with van der Waals surface area (Å²) in [5, 5.41) is 0. The predicted molar refractivity (Wildman–Crippen MR) is 57.3 cm³/mol. The molecule has 0 N–H and O–H groups in total. The van der Waals surface area contributed by atoms with Gasteiger partial charge in [-0.3, -0.25) is 4.79 Å². The molecule has 0 aromatic rings. The van der Waals surface area contributed by atoms with Crippen LogP contribution < -0.4 is 0 Å². The Morgan fingerprint density at radius 2 is 2.08 bits per heavy atom. The fraction of sp³-hybridized carbons (Fsp3) is 0.667. The van der Waals surface area contributed by atoms with Crippen molar-refractivity contribution in [2.45, 2.75) is 26.4 Å². The highest BCUT2D eigenvalue weighted by Gasteiger charge is 2.17. The highest BCUT2D eigenvalue weighted by atomic mass is 31.0. The molecule has 13 heavy (non-hydrogen) atoms. The first-order valence-electron chi connectivity index (χ1n) is 4.19. The lowest BCUT2D eigenvalue weighted by atomic mass is 10.2. The van der Waals surface area contributed by atoms with Crippen LogP contribution in [0.5, 0.6) is 0 Å². The van der Waals surface area contributed by atoms with Gasteiger partial charge in [-0.1, -0.05) is 11.6 Å². The van der Waals surface area contributed by atoms with Gasteiger partial charge < -0.3 is 9.42 Å². The van der Waals surface area contributed by atoms with E-state index in [1.165, 1.54) is 10.5 Å². The number of rotatable bonds is 4. The van der Waals surface area contributed by atoms with Crippen molar-refractivity contribution in [2.75, 3.05) is 14.1 Å². The second-order valence-electron chi connectivity index (χ2n) is 3.37. The number of carbonyl (C=O) groups excluding carboxylic acids is 1. The van der Waals surface area contributed by atoms with Crippen LogP contribution in [0, 0.1) is 0 Å². The number of likely N-dealkylation sites (N-methyl/N-ethyl adjacent to an activating group) is 1. The molecule has 2 unspecified atom stereocenters. The summed E-state index contributed by atoms with van der Waals surface area (Å²) >= 11 is 0. The Morgan fingerprint density at radius 3 is 2.38 bits per heavy atom. The van der Waals surface area contributed by atoms with Crippen LogP contribution in [0.2, 0.25) is 0 Å². The normalized spacial score (nSPS) is 12.1. The third-order valence-corrected chi connectivity index (χ3v) is 1.95. The van der Waals surface area contributed by atoms with Crippen LogP contribution in [0.15, 0.2) is 11.6 Å². The van der Waals surface area contributed by atoms with Crippen LogP contribution >= 0.6 is 9.47 Å². The minimum Gasteiger partial charge on any atom is -0.352 e. The molecule has 0 aromatic heterocycles. The number of hydrogen-bond acceptors (Lipinski definition) is 2. The molecular weight excluding hydrogens is 185 g/mol. The SMILES string of the molecule is CC(C)=CCC(OP)C(=O)N(C)C. The number of hydrogen-bond donors (Lipinski definition) is 0. The van der Waals surface area contributed by atoms with Crippen LogP contribution in [-0.2, 0) is 9.32 Å². The molecule has 0 heterocycles. The van der Waals surface area contributed by atoms with Crippen molar-refractivity contribution in [3.63, 3.8) is 0 Å². The zero-order chi connectivity index (χ0) is 10.4. The molecular formula is C9H18NO2P. The Bertz CT molecular complexity index is 198. The monoisotopic (exact) mass is 203 g/mol. The highest BCUT2D eigenvalue weighted by molar-refractivity contribution is 7.09. The third kappa shape index (κ3) is 5.02. The lowest BCUT2D eigenvalue weighted by molar-refractivity contribution is -0.135. The van der Waals surface area contributed by atoms with Crippen LogP contribution in [0.25, 0.3) is 0 Å². The lowest BCUT2D eigenvalue weighted by Crippen LogP contribution is -2.33. The van der Waals surface area contributed by atoms with Crippen LogP contribution in [0.3, 0.4) is 0 Å². The number of carbonyl (C=O) groups is 1. The molecule has 0 aromatic carbocycles. The van der Waals surface area contributed by atoms with Gasteiger partial charge in [-0.15, -0.1) is 0 Å². The molecule has 0 saturated carbocycles. The highest BCUT2D eigenvalue weighted by Crippen LogP contribution is 2.08. The summed E-state index contributed by atoms with van der Waals surface area (Å²) in [7, 11) is 5.58. The maximum absolute atomic E-state index is 11.4. The fourth-order valence-corrected chi connectivity index (χ4v) is 1.07. The van der Waals surface area contributed by atoms with E-state index in [9.17, 15) is 4.79 Å². The average Bonchev–Trinajstić information content (AvgIpc) is 2.04. The molecule has 0 rings (SSSR count). The quantitative estimate of drug-likeness (QED) is 0.513. The topological polar surface area (TPSA) is 29.5 Å². The second-order valence-corrected chi connectivity index (χ2v) is 3.65. The van der Waals surface area contributed by atoms with Crippen molar-refractivity contribution in [2.24, 2.45) is 0 Å². The van der Waals surface area contributed by atoms with Crippen molar-refractivity contribution in [3.8, 4) is 0 Å². The Labute approximate surface area is 82.4 Å². The lowest BCUT2D eigenvalue weighted by Gasteiger charge is -2.17. The summed E-state index contributed by atoms with van der Waals surface area (Å²) in [5.74, 6) is -0.00694. The predicted octanol–water partition coefficient (Wildman–Crippen LogP) is 1.61. The van der Waals surface area contributed by atoms with Crippen molar-refractivity contribution >= 4 is 15.4 Å². The van der Waals surface area contributed by atoms with Crippen LogP contribution in [0.4, 0.5) is 0 Å². The maximum Gasteiger partial charge on any atom is 0.251 e. The van der Waals surface area contributed by atoms with Gasteiger partial charge in [-0.05, 0) is 13.8 Å². The van der Waals surface area contributed by atoms with Gasteiger partial charge in [0.2, 0.25) is 0 Å². The summed E-state index contributed by atoms with van der Waals surface area (Å²) in [6, 6.07) is 0. The van der Waals surface area contributed by atoms with Gasteiger partial charge in [0.1, 0.15) is 6.10 Å². The molecule has 0 bridgehead atoms. The van der Waals surface area contributed by atoms with Gasteiger partial charge >= 0.3 is 0 Å². The van der Waals surface area contributed by atoms with E-state index in [1.807, 2.05) is 19.9 Å². The molecule has 3 nitrogen and oxygen atoms in total. The number of allylic oxidation sites excluding steroid dienone is 1. The number of nitrogens with zero attached hydrogens (tertiary/aromatic N) is 1. The minimum atomic E-state index is -0.380. The van der Waals surface area contributed by atoms with E-state index in [2.05, 4.69) is 9.47 Å². The van der Waals surface area contributed by atoms with E-state index in [0.717, 1.165) is 0 Å². The number of amides is 1. The molecule has 0 aliphatic rings. The molecule has 0 aliphatic heterocycles. The first-order valence-corrected chi connectivity index (χ1v) is 4.66. The summed E-state index contributed by atoms with van der Waals surface area (Å²) in [6.45, 7) is 4.00. The van der Waals surface area contributed by atoms with Crippen molar-refractivity contribution in [1.82, 2.24) is 4.90 Å². The maximum atomic E-state index is 11.4. The van der Waals surface area contributed by atoms with Crippen LogP contribution in [-0.4, -0.2) is 31.0 Å². The molecule has 0 fully saturated rings. The smallest absolute Gasteiger partial charge is 0.251 e. The first-order chi connectivity index (χ1) is 5.99. The molecule has 0 saturated heterocycles. The summed E-state index contributed by atoms with van der Waals surface area (Å²) < 4.78 is 5.00. The summed E-state index contributed by atoms with van der Waals surface area (Å²) in [5.41, 5.74) is 1.19. The van der Waals surface area contributed by atoms with Gasteiger partial charge in [-0.25, -0.2) is 0 Å². The largest absolute Gasteiger partial charge is 0.352 e.